The SMILES string of the molecule is CC(Cc1ccc(C(C)(C)C)cc1)CN1CCC(C(=O)O)C1. The van der Waals surface area contributed by atoms with Gasteiger partial charge in [0.05, 0.1) is 5.92 Å². The predicted molar refractivity (Wildman–Crippen MR) is 90.2 cm³/mol. The molecule has 1 aromatic rings. The predicted octanol–water partition coefficient (Wildman–Crippen LogP) is 3.57. The molecular weight excluding hydrogens is 274 g/mol. The second-order valence-electron chi connectivity index (χ2n) is 7.84. The van der Waals surface area contributed by atoms with Crippen molar-refractivity contribution < 1.29 is 9.90 Å². The minimum Gasteiger partial charge on any atom is -0.481 e. The van der Waals surface area contributed by atoms with Crippen molar-refractivity contribution in [1.82, 2.24) is 4.90 Å². The maximum absolute atomic E-state index is 11.0. The molecule has 1 N–H and O–H groups in total. The molecule has 0 aromatic heterocycles. The van der Waals surface area contributed by atoms with Gasteiger partial charge in [0, 0.05) is 13.1 Å². The third kappa shape index (κ3) is 4.57. The van der Waals surface area contributed by atoms with Gasteiger partial charge < -0.3 is 10.0 Å². The van der Waals surface area contributed by atoms with E-state index < -0.39 is 5.97 Å². The Morgan fingerprint density at radius 1 is 1.32 bits per heavy atom. The molecule has 0 bridgehead atoms. The van der Waals surface area contributed by atoms with Gasteiger partial charge >= 0.3 is 5.97 Å². The van der Waals surface area contributed by atoms with E-state index in [0.717, 1.165) is 25.9 Å². The molecule has 0 spiro atoms. The summed E-state index contributed by atoms with van der Waals surface area (Å²) in [6.07, 6.45) is 1.85. The average molecular weight is 303 g/mol. The van der Waals surface area contributed by atoms with Gasteiger partial charge in [0.1, 0.15) is 0 Å². The molecule has 2 rings (SSSR count). The number of nitrogens with zero attached hydrogens (tertiary/aromatic N) is 1. The minimum absolute atomic E-state index is 0.168. The molecule has 0 saturated carbocycles. The van der Waals surface area contributed by atoms with Crippen LogP contribution in [0.4, 0.5) is 0 Å². The fourth-order valence-corrected chi connectivity index (χ4v) is 3.25. The molecule has 1 aromatic carbocycles. The highest BCUT2D eigenvalue weighted by molar-refractivity contribution is 5.70. The van der Waals surface area contributed by atoms with Gasteiger partial charge in [0.2, 0.25) is 0 Å². The maximum atomic E-state index is 11.0. The van der Waals surface area contributed by atoms with Crippen LogP contribution in [0.3, 0.4) is 0 Å². The third-order valence-electron chi connectivity index (χ3n) is 4.60. The van der Waals surface area contributed by atoms with Crippen LogP contribution in [0.15, 0.2) is 24.3 Å². The fourth-order valence-electron chi connectivity index (χ4n) is 3.25. The molecule has 22 heavy (non-hydrogen) atoms. The molecule has 0 amide bonds. The van der Waals surface area contributed by atoms with Crippen LogP contribution in [-0.4, -0.2) is 35.6 Å². The van der Waals surface area contributed by atoms with Gasteiger partial charge in [-0.3, -0.25) is 4.79 Å². The third-order valence-corrected chi connectivity index (χ3v) is 4.60. The van der Waals surface area contributed by atoms with Crippen LogP contribution in [0.2, 0.25) is 0 Å². The lowest BCUT2D eigenvalue weighted by Crippen LogP contribution is -2.28. The van der Waals surface area contributed by atoms with E-state index in [9.17, 15) is 4.79 Å². The molecule has 0 aliphatic carbocycles. The molecular formula is C19H29NO2. The summed E-state index contributed by atoms with van der Waals surface area (Å²) in [6, 6.07) is 8.94. The number of benzene rings is 1. The number of likely N-dealkylation sites (tertiary alicyclic amines) is 1. The van der Waals surface area contributed by atoms with Crippen LogP contribution in [0.1, 0.15) is 45.2 Å². The zero-order valence-corrected chi connectivity index (χ0v) is 14.3. The zero-order valence-electron chi connectivity index (χ0n) is 14.3. The standard InChI is InChI=1S/C19H29NO2/c1-14(12-20-10-9-16(13-20)18(21)22)11-15-5-7-17(8-6-15)19(2,3)4/h5-8,14,16H,9-13H2,1-4H3,(H,21,22). The average Bonchev–Trinajstić information content (AvgIpc) is 2.86. The Morgan fingerprint density at radius 2 is 1.95 bits per heavy atom. The maximum Gasteiger partial charge on any atom is 0.307 e. The summed E-state index contributed by atoms with van der Waals surface area (Å²) >= 11 is 0. The van der Waals surface area contributed by atoms with E-state index in [1.807, 2.05) is 0 Å². The summed E-state index contributed by atoms with van der Waals surface area (Å²) in [4.78, 5) is 13.3. The van der Waals surface area contributed by atoms with Crippen molar-refractivity contribution in [3.8, 4) is 0 Å². The highest BCUT2D eigenvalue weighted by atomic mass is 16.4. The van der Waals surface area contributed by atoms with Crippen molar-refractivity contribution in [1.29, 1.82) is 0 Å². The largest absolute Gasteiger partial charge is 0.481 e. The van der Waals surface area contributed by atoms with Crippen molar-refractivity contribution >= 4 is 5.97 Å². The molecule has 1 aliphatic rings. The molecule has 2 unspecified atom stereocenters. The number of carboxylic acids is 1. The van der Waals surface area contributed by atoms with Crippen molar-refractivity contribution in [2.75, 3.05) is 19.6 Å². The normalized spacial score (nSPS) is 21.0. The van der Waals surface area contributed by atoms with Crippen LogP contribution in [0.5, 0.6) is 0 Å². The Morgan fingerprint density at radius 3 is 2.45 bits per heavy atom. The van der Waals surface area contributed by atoms with Crippen molar-refractivity contribution in [2.45, 2.75) is 46.0 Å². The summed E-state index contributed by atoms with van der Waals surface area (Å²) in [5.41, 5.74) is 2.94. The van der Waals surface area contributed by atoms with Crippen LogP contribution in [0, 0.1) is 11.8 Å². The number of rotatable bonds is 5. The van der Waals surface area contributed by atoms with Gasteiger partial charge in [-0.25, -0.2) is 0 Å². The van der Waals surface area contributed by atoms with E-state index in [-0.39, 0.29) is 11.3 Å². The van der Waals surface area contributed by atoms with Crippen LogP contribution in [0.25, 0.3) is 0 Å². The first-order chi connectivity index (χ1) is 10.3. The van der Waals surface area contributed by atoms with Crippen molar-refractivity contribution in [3.63, 3.8) is 0 Å². The lowest BCUT2D eigenvalue weighted by Gasteiger charge is -2.22. The van der Waals surface area contributed by atoms with Crippen LogP contribution in [-0.2, 0) is 16.6 Å². The molecule has 1 heterocycles. The van der Waals surface area contributed by atoms with E-state index in [4.69, 9.17) is 5.11 Å². The fraction of sp³-hybridized carbons (Fsp3) is 0.632. The quantitative estimate of drug-likeness (QED) is 0.904. The van der Waals surface area contributed by atoms with Gasteiger partial charge in [-0.15, -0.1) is 0 Å². The lowest BCUT2D eigenvalue weighted by atomic mass is 9.86. The van der Waals surface area contributed by atoms with Gasteiger partial charge in [-0.2, -0.15) is 0 Å². The first-order valence-electron chi connectivity index (χ1n) is 8.30. The van der Waals surface area contributed by atoms with Crippen LogP contribution >= 0.6 is 0 Å². The number of carboxylic acid groups (broad SMARTS) is 1. The molecule has 3 heteroatoms. The van der Waals surface area contributed by atoms with E-state index in [0.29, 0.717) is 12.5 Å². The molecule has 1 saturated heterocycles. The number of aliphatic carboxylic acids is 1. The number of hydrogen-bond acceptors (Lipinski definition) is 2. The lowest BCUT2D eigenvalue weighted by molar-refractivity contribution is -0.141. The van der Waals surface area contributed by atoms with Crippen molar-refractivity contribution in [2.24, 2.45) is 11.8 Å². The Kier molecular flexibility index (Phi) is 5.28. The molecule has 0 radical (unpaired) electrons. The minimum atomic E-state index is -0.645. The highest BCUT2D eigenvalue weighted by Crippen LogP contribution is 2.23. The molecule has 1 fully saturated rings. The van der Waals surface area contributed by atoms with Gasteiger partial charge in [-0.05, 0) is 41.8 Å². The topological polar surface area (TPSA) is 40.5 Å². The highest BCUT2D eigenvalue weighted by Gasteiger charge is 2.28. The van der Waals surface area contributed by atoms with Gasteiger partial charge in [0.15, 0.2) is 0 Å². The van der Waals surface area contributed by atoms with E-state index >= 15 is 0 Å². The second-order valence-corrected chi connectivity index (χ2v) is 7.84. The first kappa shape index (κ1) is 17.0. The second kappa shape index (κ2) is 6.82. The van der Waals surface area contributed by atoms with Gasteiger partial charge in [-0.1, -0.05) is 52.0 Å². The Balaban J connectivity index is 1.85. The summed E-state index contributed by atoms with van der Waals surface area (Å²) in [7, 11) is 0. The Hall–Kier alpha value is -1.35. The van der Waals surface area contributed by atoms with Gasteiger partial charge in [0.25, 0.3) is 0 Å². The monoisotopic (exact) mass is 303 g/mol. The summed E-state index contributed by atoms with van der Waals surface area (Å²) in [5, 5.41) is 9.07. The molecule has 3 nitrogen and oxygen atoms in total. The first-order valence-corrected chi connectivity index (χ1v) is 8.30. The van der Waals surface area contributed by atoms with E-state index in [2.05, 4.69) is 56.9 Å². The van der Waals surface area contributed by atoms with Crippen LogP contribution < -0.4 is 0 Å². The number of hydrogen-bond donors (Lipinski definition) is 1. The zero-order chi connectivity index (χ0) is 16.3. The van der Waals surface area contributed by atoms with E-state index in [1.54, 1.807) is 0 Å². The molecule has 2 atom stereocenters. The van der Waals surface area contributed by atoms with Crippen molar-refractivity contribution in [3.05, 3.63) is 35.4 Å². The van der Waals surface area contributed by atoms with E-state index in [1.165, 1.54) is 11.1 Å². The summed E-state index contributed by atoms with van der Waals surface area (Å²) < 4.78 is 0. The summed E-state index contributed by atoms with van der Waals surface area (Å²) in [6.45, 7) is 11.6. The molecule has 1 aliphatic heterocycles. The smallest absolute Gasteiger partial charge is 0.307 e. The Bertz CT molecular complexity index is 501. The summed E-state index contributed by atoms with van der Waals surface area (Å²) in [5.74, 6) is -0.265. The molecule has 122 valence electrons. The number of carbonyl (C=O) groups is 1. The Labute approximate surface area is 134 Å².